The number of benzene rings is 1. The number of hydrogen-bond acceptors (Lipinski definition) is 4. The maximum atomic E-state index is 11.2. The summed E-state index contributed by atoms with van der Waals surface area (Å²) in [6, 6.07) is 8.48. The van der Waals surface area contributed by atoms with Gasteiger partial charge < -0.3 is 10.2 Å². The van der Waals surface area contributed by atoms with Gasteiger partial charge in [0.1, 0.15) is 9.84 Å². The molecule has 0 aliphatic carbocycles. The third-order valence-electron chi connectivity index (χ3n) is 3.25. The Balaban J connectivity index is 2.65. The molecule has 0 amide bonds. The first-order chi connectivity index (χ1) is 8.83. The van der Waals surface area contributed by atoms with Crippen LogP contribution in [-0.4, -0.2) is 52.5 Å². The van der Waals surface area contributed by atoms with E-state index in [-0.39, 0.29) is 11.8 Å². The Bertz CT molecular complexity index is 500. The lowest BCUT2D eigenvalue weighted by Gasteiger charge is -2.25. The maximum Gasteiger partial charge on any atom is 0.148 e. The summed E-state index contributed by atoms with van der Waals surface area (Å²) in [6.45, 7) is 3.44. The average molecular weight is 284 g/mol. The number of nitrogens with one attached hydrogen (secondary N) is 1. The molecular formula is C14H24N2O2S. The van der Waals surface area contributed by atoms with Crippen LogP contribution >= 0.6 is 0 Å². The number of sulfone groups is 1. The molecule has 0 saturated heterocycles. The SMILES string of the molecule is CNC(CN(C)CCS(C)(=O)=O)c1ccccc1C. The van der Waals surface area contributed by atoms with Gasteiger partial charge in [0.2, 0.25) is 0 Å². The van der Waals surface area contributed by atoms with Gasteiger partial charge in [-0.25, -0.2) is 8.42 Å². The Morgan fingerprint density at radius 3 is 2.47 bits per heavy atom. The van der Waals surface area contributed by atoms with Gasteiger partial charge in [0.05, 0.1) is 5.75 Å². The Morgan fingerprint density at radius 1 is 1.32 bits per heavy atom. The first-order valence-electron chi connectivity index (χ1n) is 6.42. The summed E-state index contributed by atoms with van der Waals surface area (Å²) in [5.74, 6) is 0.202. The van der Waals surface area contributed by atoms with Gasteiger partial charge in [0.15, 0.2) is 0 Å². The highest BCUT2D eigenvalue weighted by molar-refractivity contribution is 7.90. The van der Waals surface area contributed by atoms with Crippen LogP contribution in [0.1, 0.15) is 17.2 Å². The fraction of sp³-hybridized carbons (Fsp3) is 0.571. The van der Waals surface area contributed by atoms with E-state index in [2.05, 4.69) is 29.3 Å². The summed E-state index contributed by atoms with van der Waals surface area (Å²) < 4.78 is 22.3. The van der Waals surface area contributed by atoms with E-state index in [1.54, 1.807) is 0 Å². The van der Waals surface area contributed by atoms with Crippen LogP contribution in [0.5, 0.6) is 0 Å². The quantitative estimate of drug-likeness (QED) is 0.818. The number of hydrogen-bond donors (Lipinski definition) is 1. The van der Waals surface area contributed by atoms with Gasteiger partial charge in [-0.2, -0.15) is 0 Å². The summed E-state index contributed by atoms with van der Waals surface area (Å²) >= 11 is 0. The lowest BCUT2D eigenvalue weighted by Crippen LogP contribution is -2.34. The third-order valence-corrected chi connectivity index (χ3v) is 4.17. The molecule has 1 N–H and O–H groups in total. The van der Waals surface area contributed by atoms with Gasteiger partial charge in [-0.05, 0) is 32.1 Å². The van der Waals surface area contributed by atoms with E-state index >= 15 is 0 Å². The van der Waals surface area contributed by atoms with Crippen LogP contribution in [0.15, 0.2) is 24.3 Å². The zero-order valence-corrected chi connectivity index (χ0v) is 13.0. The van der Waals surface area contributed by atoms with E-state index in [4.69, 9.17) is 0 Å². The Morgan fingerprint density at radius 2 is 1.95 bits per heavy atom. The van der Waals surface area contributed by atoms with Crippen molar-refractivity contribution in [2.75, 3.05) is 39.2 Å². The molecule has 0 radical (unpaired) electrons. The van der Waals surface area contributed by atoms with Crippen molar-refractivity contribution >= 4 is 9.84 Å². The van der Waals surface area contributed by atoms with Crippen LogP contribution in [0.3, 0.4) is 0 Å². The molecule has 1 aromatic rings. The van der Waals surface area contributed by atoms with Gasteiger partial charge >= 0.3 is 0 Å². The van der Waals surface area contributed by atoms with E-state index in [1.807, 2.05) is 26.2 Å². The number of likely N-dealkylation sites (N-methyl/N-ethyl adjacent to an activating group) is 2. The van der Waals surface area contributed by atoms with Crippen molar-refractivity contribution in [1.29, 1.82) is 0 Å². The van der Waals surface area contributed by atoms with Crippen LogP contribution < -0.4 is 5.32 Å². The zero-order valence-electron chi connectivity index (χ0n) is 12.2. The number of nitrogens with zero attached hydrogens (tertiary/aromatic N) is 1. The van der Waals surface area contributed by atoms with Crippen LogP contribution in [0.4, 0.5) is 0 Å². The third kappa shape index (κ3) is 5.72. The van der Waals surface area contributed by atoms with Gasteiger partial charge in [-0.3, -0.25) is 0 Å². The van der Waals surface area contributed by atoms with Crippen molar-refractivity contribution < 1.29 is 8.42 Å². The minimum atomic E-state index is -2.90. The second-order valence-corrected chi connectivity index (χ2v) is 7.35. The standard InChI is InChI=1S/C14H24N2O2S/c1-12-7-5-6-8-13(12)14(15-2)11-16(3)9-10-19(4,17)18/h5-8,14-15H,9-11H2,1-4H3. The predicted octanol–water partition coefficient (Wildman–Crippen LogP) is 1.23. The zero-order chi connectivity index (χ0) is 14.5. The number of rotatable bonds is 7. The highest BCUT2D eigenvalue weighted by atomic mass is 32.2. The molecule has 4 nitrogen and oxygen atoms in total. The van der Waals surface area contributed by atoms with E-state index in [0.29, 0.717) is 6.54 Å². The maximum absolute atomic E-state index is 11.2. The van der Waals surface area contributed by atoms with Gasteiger partial charge in [-0.1, -0.05) is 24.3 Å². The fourth-order valence-electron chi connectivity index (χ4n) is 2.05. The average Bonchev–Trinajstić information content (AvgIpc) is 2.33. The van der Waals surface area contributed by atoms with Crippen molar-refractivity contribution in [2.24, 2.45) is 0 Å². The second-order valence-electron chi connectivity index (χ2n) is 5.09. The Hall–Kier alpha value is -0.910. The molecule has 0 aromatic heterocycles. The predicted molar refractivity (Wildman–Crippen MR) is 80.2 cm³/mol. The highest BCUT2D eigenvalue weighted by Crippen LogP contribution is 2.17. The molecule has 1 atom stereocenters. The molecule has 0 aliphatic rings. The molecule has 0 fully saturated rings. The lowest BCUT2D eigenvalue weighted by molar-refractivity contribution is 0.311. The Labute approximate surface area is 116 Å². The minimum Gasteiger partial charge on any atom is -0.312 e. The highest BCUT2D eigenvalue weighted by Gasteiger charge is 2.14. The largest absolute Gasteiger partial charge is 0.312 e. The molecule has 1 aromatic carbocycles. The molecule has 0 aliphatic heterocycles. The summed E-state index contributed by atoms with van der Waals surface area (Å²) in [5, 5.41) is 3.30. The molecular weight excluding hydrogens is 260 g/mol. The molecule has 0 heterocycles. The van der Waals surface area contributed by atoms with E-state index in [1.165, 1.54) is 17.4 Å². The normalized spacial score (nSPS) is 13.7. The molecule has 1 rings (SSSR count). The fourth-order valence-corrected chi connectivity index (χ4v) is 2.69. The minimum absolute atomic E-state index is 0.202. The molecule has 0 bridgehead atoms. The first kappa shape index (κ1) is 16.1. The van der Waals surface area contributed by atoms with Crippen LogP contribution in [0, 0.1) is 6.92 Å². The van der Waals surface area contributed by atoms with Gasteiger partial charge in [-0.15, -0.1) is 0 Å². The van der Waals surface area contributed by atoms with E-state index in [0.717, 1.165) is 6.54 Å². The van der Waals surface area contributed by atoms with Crippen LogP contribution in [0.2, 0.25) is 0 Å². The first-order valence-corrected chi connectivity index (χ1v) is 8.48. The summed E-state index contributed by atoms with van der Waals surface area (Å²) in [4.78, 5) is 2.05. The number of aryl methyl sites for hydroxylation is 1. The van der Waals surface area contributed by atoms with Crippen LogP contribution in [-0.2, 0) is 9.84 Å². The van der Waals surface area contributed by atoms with Gasteiger partial charge in [0, 0.05) is 25.4 Å². The molecule has 5 heteroatoms. The van der Waals surface area contributed by atoms with Gasteiger partial charge in [0.25, 0.3) is 0 Å². The molecule has 0 saturated carbocycles. The van der Waals surface area contributed by atoms with E-state index in [9.17, 15) is 8.42 Å². The second kappa shape index (κ2) is 7.03. The van der Waals surface area contributed by atoms with Crippen molar-refractivity contribution in [2.45, 2.75) is 13.0 Å². The van der Waals surface area contributed by atoms with Crippen molar-refractivity contribution in [1.82, 2.24) is 10.2 Å². The van der Waals surface area contributed by atoms with Crippen LogP contribution in [0.25, 0.3) is 0 Å². The monoisotopic (exact) mass is 284 g/mol. The molecule has 108 valence electrons. The molecule has 0 spiro atoms. The summed E-state index contributed by atoms with van der Waals surface area (Å²) in [6.07, 6.45) is 1.28. The van der Waals surface area contributed by atoms with Crippen molar-refractivity contribution in [3.8, 4) is 0 Å². The molecule has 1 unspecified atom stereocenters. The lowest BCUT2D eigenvalue weighted by atomic mass is 10.0. The summed E-state index contributed by atoms with van der Waals surface area (Å²) in [5.41, 5.74) is 2.51. The van der Waals surface area contributed by atoms with E-state index < -0.39 is 9.84 Å². The smallest absolute Gasteiger partial charge is 0.148 e. The topological polar surface area (TPSA) is 49.4 Å². The Kier molecular flexibility index (Phi) is 5.97. The van der Waals surface area contributed by atoms with Crippen molar-refractivity contribution in [3.05, 3.63) is 35.4 Å². The summed E-state index contributed by atoms with van der Waals surface area (Å²) in [7, 11) is 0.988. The molecule has 19 heavy (non-hydrogen) atoms. The van der Waals surface area contributed by atoms with Crippen molar-refractivity contribution in [3.63, 3.8) is 0 Å².